The molecule has 0 radical (unpaired) electrons. The summed E-state index contributed by atoms with van der Waals surface area (Å²) in [4.78, 5) is 2.39. The minimum Gasteiger partial charge on any atom is -0.327 e. The molecule has 0 N–H and O–H groups in total. The lowest BCUT2D eigenvalue weighted by molar-refractivity contribution is -0.883. The zero-order valence-electron chi connectivity index (χ0n) is 23.0. The summed E-state index contributed by atoms with van der Waals surface area (Å²) in [6.45, 7) is 5.31. The van der Waals surface area contributed by atoms with E-state index in [4.69, 9.17) is 0 Å². The second-order valence-corrected chi connectivity index (χ2v) is 11.7. The molecule has 0 aliphatic heterocycles. The topological polar surface area (TPSA) is 3.24 Å². The molecule has 0 saturated heterocycles. The Morgan fingerprint density at radius 3 is 1.26 bits per heavy atom. The molecule has 188 valence electrons. The molecule has 2 heteroatoms. The summed E-state index contributed by atoms with van der Waals surface area (Å²) in [6.07, 6.45) is 0. The molecule has 2 nitrogen and oxygen atoms in total. The van der Waals surface area contributed by atoms with Crippen LogP contribution in [0.4, 0.5) is 17.1 Å². The van der Waals surface area contributed by atoms with Crippen LogP contribution in [-0.4, -0.2) is 25.6 Å². The van der Waals surface area contributed by atoms with Crippen molar-refractivity contribution >= 4 is 49.4 Å². The average molecular weight is 496 g/mol. The normalized spacial score (nSPS) is 11.9. The van der Waals surface area contributed by atoms with E-state index in [0.29, 0.717) is 0 Å². The van der Waals surface area contributed by atoms with Gasteiger partial charge in [-0.2, -0.15) is 0 Å². The summed E-state index contributed by atoms with van der Waals surface area (Å²) in [5.74, 6) is 0. The lowest BCUT2D eigenvalue weighted by atomic mass is 10.0. The van der Waals surface area contributed by atoms with Crippen molar-refractivity contribution in [3.05, 3.63) is 126 Å². The van der Waals surface area contributed by atoms with Crippen LogP contribution >= 0.6 is 0 Å². The highest BCUT2D eigenvalue weighted by molar-refractivity contribution is 5.95. The summed E-state index contributed by atoms with van der Waals surface area (Å²) in [5, 5.41) is 7.57. The minimum atomic E-state index is 0.917. The molecule has 0 aliphatic rings. The Balaban J connectivity index is 1.50. The van der Waals surface area contributed by atoms with Crippen LogP contribution in [0.5, 0.6) is 0 Å². The quantitative estimate of drug-likeness (QED) is 0.215. The first-order chi connectivity index (χ1) is 18.2. The highest BCUT2D eigenvalue weighted by Crippen LogP contribution is 2.39. The Bertz CT molecular complexity index is 1720. The average Bonchev–Trinajstić information content (AvgIpc) is 2.88. The van der Waals surface area contributed by atoms with Gasteiger partial charge in [0.1, 0.15) is 6.54 Å². The number of aryl methyl sites for hydroxylation is 2. The molecule has 6 aromatic carbocycles. The first-order valence-corrected chi connectivity index (χ1v) is 13.4. The Labute approximate surface area is 226 Å². The fourth-order valence-corrected chi connectivity index (χ4v) is 5.50. The molecule has 0 aromatic heterocycles. The van der Waals surface area contributed by atoms with Gasteiger partial charge in [-0.15, -0.1) is 0 Å². The third-order valence-corrected chi connectivity index (χ3v) is 7.28. The second-order valence-electron chi connectivity index (χ2n) is 11.7. The third kappa shape index (κ3) is 4.88. The van der Waals surface area contributed by atoms with Gasteiger partial charge in [0.05, 0.1) is 21.1 Å². The van der Waals surface area contributed by atoms with E-state index in [1.807, 2.05) is 0 Å². The number of anilines is 3. The van der Waals surface area contributed by atoms with E-state index in [1.54, 1.807) is 0 Å². The van der Waals surface area contributed by atoms with E-state index in [1.165, 1.54) is 49.0 Å². The Morgan fingerprint density at radius 2 is 0.816 bits per heavy atom. The number of rotatable bonds is 5. The van der Waals surface area contributed by atoms with Crippen molar-refractivity contribution in [1.82, 2.24) is 0 Å². The van der Waals surface area contributed by atoms with Crippen LogP contribution in [0.1, 0.15) is 16.7 Å². The number of quaternary nitrogens is 1. The van der Waals surface area contributed by atoms with Gasteiger partial charge >= 0.3 is 0 Å². The summed E-state index contributed by atoms with van der Waals surface area (Å²) in [7, 11) is 6.71. The number of hydrogen-bond donors (Lipinski definition) is 0. The fourth-order valence-electron chi connectivity index (χ4n) is 5.50. The van der Waals surface area contributed by atoms with Gasteiger partial charge in [-0.25, -0.2) is 0 Å². The maximum Gasteiger partial charge on any atom is 0.104 e. The van der Waals surface area contributed by atoms with E-state index >= 15 is 0 Å². The van der Waals surface area contributed by atoms with Crippen molar-refractivity contribution in [2.24, 2.45) is 0 Å². The van der Waals surface area contributed by atoms with Crippen molar-refractivity contribution < 1.29 is 4.48 Å². The van der Waals surface area contributed by atoms with Crippen molar-refractivity contribution in [1.29, 1.82) is 0 Å². The first kappa shape index (κ1) is 24.2. The van der Waals surface area contributed by atoms with Crippen LogP contribution in [0, 0.1) is 13.8 Å². The number of benzene rings is 6. The van der Waals surface area contributed by atoms with Crippen LogP contribution in [0.25, 0.3) is 32.3 Å². The molecule has 0 amide bonds. The zero-order chi connectivity index (χ0) is 26.4. The van der Waals surface area contributed by atoms with Gasteiger partial charge in [0.25, 0.3) is 0 Å². The Kier molecular flexibility index (Phi) is 5.93. The molecular formula is C36H35N2+. The van der Waals surface area contributed by atoms with Crippen molar-refractivity contribution in [2.75, 3.05) is 26.0 Å². The molecular weight excluding hydrogens is 460 g/mol. The maximum atomic E-state index is 2.39. The van der Waals surface area contributed by atoms with E-state index in [-0.39, 0.29) is 0 Å². The highest BCUT2D eigenvalue weighted by atomic mass is 15.3. The van der Waals surface area contributed by atoms with Gasteiger partial charge in [-0.3, -0.25) is 0 Å². The molecule has 0 unspecified atom stereocenters. The number of fused-ring (bicyclic) bond motifs is 3. The molecule has 0 fully saturated rings. The van der Waals surface area contributed by atoms with Gasteiger partial charge in [0, 0.05) is 22.6 Å². The van der Waals surface area contributed by atoms with Gasteiger partial charge in [0.15, 0.2) is 0 Å². The van der Waals surface area contributed by atoms with Crippen LogP contribution in [-0.2, 0) is 6.54 Å². The third-order valence-electron chi connectivity index (χ3n) is 7.28. The molecule has 0 spiro atoms. The molecule has 6 rings (SSSR count). The largest absolute Gasteiger partial charge is 0.327 e. The van der Waals surface area contributed by atoms with Crippen molar-refractivity contribution in [3.63, 3.8) is 0 Å². The summed E-state index contributed by atoms with van der Waals surface area (Å²) < 4.78 is 0.917. The first-order valence-electron chi connectivity index (χ1n) is 13.4. The zero-order valence-corrected chi connectivity index (χ0v) is 23.0. The van der Waals surface area contributed by atoms with Crippen LogP contribution < -0.4 is 4.90 Å². The molecule has 0 bridgehead atoms. The van der Waals surface area contributed by atoms with E-state index in [2.05, 4.69) is 149 Å². The standard InChI is InChI=1S/C36H35N2/c1-25-6-9-31-21-34(15-12-28(31)18-25)37(35-16-13-29-19-26(2)7-10-32(29)22-35)36-17-14-30-20-27(24-38(3,4)5)8-11-33(30)23-36/h6-23H,24H2,1-5H3/q+1. The Hall–Kier alpha value is -4.14. The van der Waals surface area contributed by atoms with Gasteiger partial charge < -0.3 is 9.38 Å². The lowest BCUT2D eigenvalue weighted by Crippen LogP contribution is -2.33. The van der Waals surface area contributed by atoms with E-state index in [0.717, 1.165) is 28.1 Å². The monoisotopic (exact) mass is 495 g/mol. The number of nitrogens with zero attached hydrogens (tertiary/aromatic N) is 2. The molecule has 0 atom stereocenters. The van der Waals surface area contributed by atoms with Crippen LogP contribution in [0.2, 0.25) is 0 Å². The lowest BCUT2D eigenvalue weighted by Gasteiger charge is -2.27. The van der Waals surface area contributed by atoms with Gasteiger partial charge in [0.2, 0.25) is 0 Å². The van der Waals surface area contributed by atoms with Crippen LogP contribution in [0.15, 0.2) is 109 Å². The molecule has 0 heterocycles. The maximum absolute atomic E-state index is 2.39. The SMILES string of the molecule is Cc1ccc2cc(N(c3ccc4cc(C)ccc4c3)c3ccc4cc(C[N+](C)(C)C)ccc4c3)ccc2c1. The molecule has 6 aromatic rings. The van der Waals surface area contributed by atoms with Crippen LogP contribution in [0.3, 0.4) is 0 Å². The summed E-state index contributed by atoms with van der Waals surface area (Å²) >= 11 is 0. The number of hydrogen-bond acceptors (Lipinski definition) is 1. The minimum absolute atomic E-state index is 0.917. The molecule has 0 saturated carbocycles. The summed E-state index contributed by atoms with van der Waals surface area (Å²) in [5.41, 5.74) is 7.42. The molecule has 38 heavy (non-hydrogen) atoms. The fraction of sp³-hybridized carbons (Fsp3) is 0.167. The summed E-state index contributed by atoms with van der Waals surface area (Å²) in [6, 6.07) is 40.7. The van der Waals surface area contributed by atoms with E-state index < -0.39 is 0 Å². The molecule has 0 aliphatic carbocycles. The van der Waals surface area contributed by atoms with Crippen molar-refractivity contribution in [3.8, 4) is 0 Å². The van der Waals surface area contributed by atoms with Gasteiger partial charge in [-0.1, -0.05) is 77.9 Å². The van der Waals surface area contributed by atoms with E-state index in [9.17, 15) is 0 Å². The second kappa shape index (κ2) is 9.31. The predicted molar refractivity (Wildman–Crippen MR) is 165 cm³/mol. The van der Waals surface area contributed by atoms with Gasteiger partial charge in [-0.05, 0) is 88.6 Å². The Morgan fingerprint density at radius 1 is 0.447 bits per heavy atom. The predicted octanol–water partition coefficient (Wildman–Crippen LogP) is 9.44. The van der Waals surface area contributed by atoms with Crippen molar-refractivity contribution in [2.45, 2.75) is 20.4 Å². The smallest absolute Gasteiger partial charge is 0.104 e. The highest BCUT2D eigenvalue weighted by Gasteiger charge is 2.15.